The van der Waals surface area contributed by atoms with E-state index in [0.29, 0.717) is 5.56 Å². The highest BCUT2D eigenvalue weighted by molar-refractivity contribution is 5.94. The third kappa shape index (κ3) is 3.51. The Hall–Kier alpha value is -3.36. The quantitative estimate of drug-likeness (QED) is 0.474. The van der Waals surface area contributed by atoms with Crippen molar-refractivity contribution in [3.05, 3.63) is 68.5 Å². The first-order chi connectivity index (χ1) is 12.5. The summed E-state index contributed by atoms with van der Waals surface area (Å²) in [6.07, 6.45) is 6.21. The van der Waals surface area contributed by atoms with Crippen LogP contribution in [0.15, 0.2) is 42.7 Å². The lowest BCUT2D eigenvalue weighted by atomic mass is 10.1. The summed E-state index contributed by atoms with van der Waals surface area (Å²) in [6.45, 7) is 1.48. The van der Waals surface area contributed by atoms with Crippen LogP contribution in [0.4, 0.5) is 11.4 Å². The molecular weight excluding hydrogens is 340 g/mol. The topological polar surface area (TPSA) is 110 Å². The van der Waals surface area contributed by atoms with Gasteiger partial charge in [-0.3, -0.25) is 25.0 Å². The summed E-state index contributed by atoms with van der Waals surface area (Å²) in [5, 5.41) is 22.1. The molecule has 134 valence electrons. The molecule has 0 spiro atoms. The number of carbonyl (C=O) groups excluding carboxylic acids is 1. The lowest BCUT2D eigenvalue weighted by Crippen LogP contribution is -2.36. The number of nitro groups is 2. The van der Waals surface area contributed by atoms with E-state index in [9.17, 15) is 25.0 Å². The molecule has 0 N–H and O–H groups in total. The lowest BCUT2D eigenvalue weighted by molar-refractivity contribution is -0.601. The highest BCUT2D eigenvalue weighted by atomic mass is 16.6. The van der Waals surface area contributed by atoms with Crippen molar-refractivity contribution in [3.8, 4) is 5.69 Å². The number of piperidine rings is 1. The van der Waals surface area contributed by atoms with Crippen LogP contribution in [0.1, 0.15) is 29.6 Å². The number of aromatic nitrogens is 1. The van der Waals surface area contributed by atoms with Crippen LogP contribution < -0.4 is 4.57 Å². The highest BCUT2D eigenvalue weighted by Crippen LogP contribution is 2.24. The summed E-state index contributed by atoms with van der Waals surface area (Å²) in [6, 6.07) is 6.66. The third-order valence-corrected chi connectivity index (χ3v) is 4.36. The summed E-state index contributed by atoms with van der Waals surface area (Å²) in [5.41, 5.74) is -0.0254. The normalized spacial score (nSPS) is 14.1. The summed E-state index contributed by atoms with van der Waals surface area (Å²) in [7, 11) is 0. The lowest BCUT2D eigenvalue weighted by Gasteiger charge is -2.26. The number of nitrogens with zero attached hydrogens (tertiary/aromatic N) is 4. The zero-order valence-electron chi connectivity index (χ0n) is 13.9. The molecule has 1 aromatic carbocycles. The van der Waals surface area contributed by atoms with E-state index in [4.69, 9.17) is 0 Å². The van der Waals surface area contributed by atoms with E-state index in [1.54, 1.807) is 29.4 Å². The van der Waals surface area contributed by atoms with E-state index < -0.39 is 9.85 Å². The van der Waals surface area contributed by atoms with E-state index in [-0.39, 0.29) is 23.0 Å². The van der Waals surface area contributed by atoms with E-state index >= 15 is 0 Å². The molecule has 3 rings (SSSR count). The molecule has 0 bridgehead atoms. The second kappa shape index (κ2) is 7.26. The van der Waals surface area contributed by atoms with Crippen molar-refractivity contribution in [1.29, 1.82) is 0 Å². The van der Waals surface area contributed by atoms with Crippen LogP contribution in [-0.4, -0.2) is 33.7 Å². The zero-order valence-corrected chi connectivity index (χ0v) is 13.9. The monoisotopic (exact) mass is 357 g/mol. The Bertz CT molecular complexity index is 860. The van der Waals surface area contributed by atoms with Gasteiger partial charge in [-0.1, -0.05) is 0 Å². The van der Waals surface area contributed by atoms with E-state index in [0.717, 1.165) is 38.4 Å². The maximum absolute atomic E-state index is 12.5. The number of pyridine rings is 1. The van der Waals surface area contributed by atoms with E-state index in [1.807, 2.05) is 0 Å². The second-order valence-corrected chi connectivity index (χ2v) is 6.03. The van der Waals surface area contributed by atoms with Crippen LogP contribution in [0.5, 0.6) is 0 Å². The number of nitro benzene ring substituents is 2. The molecule has 2 heterocycles. The largest absolute Gasteiger partial charge is 0.347 e. The molecule has 9 heteroatoms. The Labute approximate surface area is 148 Å². The van der Waals surface area contributed by atoms with Crippen molar-refractivity contribution >= 4 is 17.3 Å². The number of carbonyl (C=O) groups is 1. The number of amides is 1. The Morgan fingerprint density at radius 2 is 1.62 bits per heavy atom. The van der Waals surface area contributed by atoms with Crippen molar-refractivity contribution in [1.82, 2.24) is 4.90 Å². The van der Waals surface area contributed by atoms with Crippen molar-refractivity contribution in [2.45, 2.75) is 19.3 Å². The smallest absolute Gasteiger partial charge is 0.339 e. The minimum atomic E-state index is -0.679. The standard InChI is InChI=1S/C17H17N4O5/c22-17(19-8-2-1-3-9-19)13-6-10-18(11-7-13)15-5-4-14(20(23)24)12-16(15)21(25)26/h4-7,10-12H,1-3,8-9H2/q+1. The number of benzene rings is 1. The van der Waals surface area contributed by atoms with Crippen molar-refractivity contribution in [3.63, 3.8) is 0 Å². The van der Waals surface area contributed by atoms with Gasteiger partial charge in [0.2, 0.25) is 0 Å². The molecule has 1 saturated heterocycles. The van der Waals surface area contributed by atoms with Gasteiger partial charge in [-0.05, 0) is 19.3 Å². The summed E-state index contributed by atoms with van der Waals surface area (Å²) in [5.74, 6) is -0.0601. The first kappa shape index (κ1) is 17.5. The highest BCUT2D eigenvalue weighted by Gasteiger charge is 2.26. The average molecular weight is 357 g/mol. The SMILES string of the molecule is O=C(c1cc[n+](-c2ccc([N+](=O)[O-])cc2[N+](=O)[O-])cc1)N1CCCCC1. The van der Waals surface area contributed by atoms with Crippen LogP contribution in [-0.2, 0) is 0 Å². The number of hydrogen-bond acceptors (Lipinski definition) is 5. The first-order valence-electron chi connectivity index (χ1n) is 8.21. The minimum absolute atomic E-state index is 0.0601. The van der Waals surface area contributed by atoms with Gasteiger partial charge in [0, 0.05) is 37.4 Å². The molecule has 9 nitrogen and oxygen atoms in total. The Morgan fingerprint density at radius 3 is 2.19 bits per heavy atom. The van der Waals surface area contributed by atoms with Crippen molar-refractivity contribution in [2.75, 3.05) is 13.1 Å². The summed E-state index contributed by atoms with van der Waals surface area (Å²) >= 11 is 0. The van der Waals surface area contributed by atoms with Gasteiger partial charge in [0.05, 0.1) is 15.4 Å². The molecule has 0 atom stereocenters. The molecule has 26 heavy (non-hydrogen) atoms. The molecule has 1 aromatic heterocycles. The fourth-order valence-corrected chi connectivity index (χ4v) is 3.00. The van der Waals surface area contributed by atoms with Gasteiger partial charge >= 0.3 is 5.69 Å². The maximum Gasteiger partial charge on any atom is 0.347 e. The first-order valence-corrected chi connectivity index (χ1v) is 8.21. The number of likely N-dealkylation sites (tertiary alicyclic amines) is 1. The minimum Gasteiger partial charge on any atom is -0.339 e. The molecule has 0 aliphatic carbocycles. The molecule has 1 aliphatic heterocycles. The fraction of sp³-hybridized carbons (Fsp3) is 0.294. The predicted molar refractivity (Wildman–Crippen MR) is 91.0 cm³/mol. The molecule has 1 fully saturated rings. The van der Waals surface area contributed by atoms with Crippen LogP contribution in [0, 0.1) is 20.2 Å². The van der Waals surface area contributed by atoms with E-state index in [1.165, 1.54) is 16.7 Å². The van der Waals surface area contributed by atoms with E-state index in [2.05, 4.69) is 0 Å². The molecule has 0 unspecified atom stereocenters. The fourth-order valence-electron chi connectivity index (χ4n) is 3.00. The zero-order chi connectivity index (χ0) is 18.7. The Morgan fingerprint density at radius 1 is 0.962 bits per heavy atom. The molecule has 1 amide bonds. The van der Waals surface area contributed by atoms with Gasteiger partial charge in [0.15, 0.2) is 12.4 Å². The maximum atomic E-state index is 12.5. The molecule has 0 radical (unpaired) electrons. The van der Waals surface area contributed by atoms with Gasteiger partial charge < -0.3 is 4.90 Å². The number of hydrogen-bond donors (Lipinski definition) is 0. The molecule has 2 aromatic rings. The van der Waals surface area contributed by atoms with Crippen LogP contribution >= 0.6 is 0 Å². The van der Waals surface area contributed by atoms with Gasteiger partial charge in [-0.15, -0.1) is 0 Å². The van der Waals surface area contributed by atoms with Crippen LogP contribution in [0.2, 0.25) is 0 Å². The van der Waals surface area contributed by atoms with Crippen LogP contribution in [0.25, 0.3) is 5.69 Å². The molecule has 1 aliphatic rings. The Balaban J connectivity index is 1.89. The van der Waals surface area contributed by atoms with Crippen molar-refractivity contribution in [2.24, 2.45) is 0 Å². The van der Waals surface area contributed by atoms with Crippen LogP contribution in [0.3, 0.4) is 0 Å². The molecule has 0 saturated carbocycles. The second-order valence-electron chi connectivity index (χ2n) is 6.03. The number of non-ortho nitro benzene ring substituents is 1. The molecular formula is C17H17N4O5+. The van der Waals surface area contributed by atoms with Crippen molar-refractivity contribution < 1.29 is 19.2 Å². The van der Waals surface area contributed by atoms with Gasteiger partial charge in [0.25, 0.3) is 17.3 Å². The van der Waals surface area contributed by atoms with Gasteiger partial charge in [0.1, 0.15) is 6.07 Å². The summed E-state index contributed by atoms with van der Waals surface area (Å²) < 4.78 is 1.47. The Kier molecular flexibility index (Phi) is 4.87. The van der Waals surface area contributed by atoms with Gasteiger partial charge in [-0.25, -0.2) is 0 Å². The third-order valence-electron chi connectivity index (χ3n) is 4.36. The number of rotatable bonds is 4. The summed E-state index contributed by atoms with van der Waals surface area (Å²) in [4.78, 5) is 35.0. The predicted octanol–water partition coefficient (Wildman–Crippen LogP) is 2.41. The average Bonchev–Trinajstić information content (AvgIpc) is 2.67. The van der Waals surface area contributed by atoms with Gasteiger partial charge in [-0.2, -0.15) is 4.57 Å².